The van der Waals surface area contributed by atoms with Crippen molar-refractivity contribution < 1.29 is 0 Å². The predicted octanol–water partition coefficient (Wildman–Crippen LogP) is 4.06. The summed E-state index contributed by atoms with van der Waals surface area (Å²) in [6, 6.07) is 0. The SMILES string of the molecule is Cc1nnsc1CNCc1csc(C23CC4CC(CC(C4)C2)C3)n1. The van der Waals surface area contributed by atoms with Gasteiger partial charge in [-0.1, -0.05) is 4.49 Å². The quantitative estimate of drug-likeness (QED) is 0.873. The van der Waals surface area contributed by atoms with Crippen LogP contribution in [0.3, 0.4) is 0 Å². The Kier molecular flexibility index (Phi) is 3.76. The van der Waals surface area contributed by atoms with Gasteiger partial charge in [-0.05, 0) is 74.7 Å². The summed E-state index contributed by atoms with van der Waals surface area (Å²) in [5.41, 5.74) is 2.69. The first-order valence-corrected chi connectivity index (χ1v) is 10.8. The number of rotatable bonds is 5. The van der Waals surface area contributed by atoms with Crippen LogP contribution in [0.15, 0.2) is 5.38 Å². The number of nitrogens with one attached hydrogen (secondary N) is 1. The number of nitrogens with zero attached hydrogens (tertiary/aromatic N) is 3. The Morgan fingerprint density at radius 1 is 1.12 bits per heavy atom. The first-order valence-electron chi connectivity index (χ1n) is 9.14. The van der Waals surface area contributed by atoms with Gasteiger partial charge < -0.3 is 5.32 Å². The van der Waals surface area contributed by atoms with Gasteiger partial charge in [0.05, 0.1) is 21.3 Å². The predicted molar refractivity (Wildman–Crippen MR) is 97.2 cm³/mol. The summed E-state index contributed by atoms with van der Waals surface area (Å²) in [6.45, 7) is 3.71. The highest BCUT2D eigenvalue weighted by Crippen LogP contribution is 2.61. The zero-order valence-electron chi connectivity index (χ0n) is 14.1. The third kappa shape index (κ3) is 2.63. The molecule has 0 unspecified atom stereocenters. The molecule has 0 aromatic carbocycles. The van der Waals surface area contributed by atoms with E-state index in [1.165, 1.54) is 65.6 Å². The topological polar surface area (TPSA) is 50.7 Å². The first kappa shape index (κ1) is 15.4. The van der Waals surface area contributed by atoms with E-state index in [4.69, 9.17) is 4.98 Å². The van der Waals surface area contributed by atoms with Crippen molar-refractivity contribution in [2.45, 2.75) is 64.0 Å². The monoisotopic (exact) mass is 360 g/mol. The van der Waals surface area contributed by atoms with E-state index in [0.717, 1.165) is 36.5 Å². The summed E-state index contributed by atoms with van der Waals surface area (Å²) in [7, 11) is 0. The lowest BCUT2D eigenvalue weighted by atomic mass is 9.50. The van der Waals surface area contributed by atoms with E-state index in [9.17, 15) is 0 Å². The Morgan fingerprint density at radius 2 is 1.83 bits per heavy atom. The van der Waals surface area contributed by atoms with Gasteiger partial charge in [0.15, 0.2) is 0 Å². The normalized spacial score (nSPS) is 34.1. The van der Waals surface area contributed by atoms with Crippen molar-refractivity contribution >= 4 is 22.9 Å². The van der Waals surface area contributed by atoms with Gasteiger partial charge in [-0.15, -0.1) is 16.4 Å². The highest BCUT2D eigenvalue weighted by Gasteiger charge is 2.52. The molecule has 4 aliphatic carbocycles. The molecule has 0 saturated heterocycles. The third-order valence-electron chi connectivity index (χ3n) is 6.38. The molecule has 128 valence electrons. The molecule has 2 heterocycles. The standard InChI is InChI=1S/C18H24N4S2/c1-11-16(24-22-21-11)9-19-8-15-10-23-17(20-15)18-5-12-2-13(6-18)4-14(3-12)7-18/h10,12-14,19H,2-9H2,1H3. The molecule has 4 bridgehead atoms. The first-order chi connectivity index (χ1) is 11.7. The molecule has 0 amide bonds. The molecule has 24 heavy (non-hydrogen) atoms. The lowest BCUT2D eigenvalue weighted by Gasteiger charge is -2.56. The van der Waals surface area contributed by atoms with Crippen molar-refractivity contribution in [3.63, 3.8) is 0 Å². The molecule has 6 rings (SSSR count). The number of thiazole rings is 1. The largest absolute Gasteiger partial charge is 0.306 e. The summed E-state index contributed by atoms with van der Waals surface area (Å²) >= 11 is 3.40. The zero-order valence-corrected chi connectivity index (χ0v) is 15.8. The third-order valence-corrected chi connectivity index (χ3v) is 8.34. The molecule has 6 heteroatoms. The summed E-state index contributed by atoms with van der Waals surface area (Å²) < 4.78 is 4.00. The zero-order chi connectivity index (χ0) is 16.1. The average molecular weight is 361 g/mol. The summed E-state index contributed by atoms with van der Waals surface area (Å²) in [5.74, 6) is 2.97. The van der Waals surface area contributed by atoms with Gasteiger partial charge in [0.2, 0.25) is 0 Å². The van der Waals surface area contributed by atoms with E-state index in [1.54, 1.807) is 0 Å². The van der Waals surface area contributed by atoms with Gasteiger partial charge in [-0.25, -0.2) is 4.98 Å². The van der Waals surface area contributed by atoms with E-state index >= 15 is 0 Å². The van der Waals surface area contributed by atoms with E-state index in [0.29, 0.717) is 5.41 Å². The Labute approximate surface area is 151 Å². The summed E-state index contributed by atoms with van der Waals surface area (Å²) in [5, 5.41) is 11.3. The van der Waals surface area contributed by atoms with Gasteiger partial charge in [-0.2, -0.15) is 0 Å². The Bertz CT molecular complexity index is 700. The van der Waals surface area contributed by atoms with E-state index in [1.807, 2.05) is 18.3 Å². The van der Waals surface area contributed by atoms with Crippen LogP contribution >= 0.6 is 22.9 Å². The van der Waals surface area contributed by atoms with Crippen LogP contribution in [0.2, 0.25) is 0 Å². The van der Waals surface area contributed by atoms with Crippen LogP contribution in [0.5, 0.6) is 0 Å². The highest BCUT2D eigenvalue weighted by atomic mass is 32.1. The van der Waals surface area contributed by atoms with Crippen LogP contribution in [0, 0.1) is 24.7 Å². The van der Waals surface area contributed by atoms with Crippen LogP contribution in [0.4, 0.5) is 0 Å². The van der Waals surface area contributed by atoms with Crippen molar-refractivity contribution in [3.05, 3.63) is 26.7 Å². The minimum atomic E-state index is 0.440. The highest BCUT2D eigenvalue weighted by molar-refractivity contribution is 7.09. The molecule has 0 aliphatic heterocycles. The van der Waals surface area contributed by atoms with Gasteiger partial charge in [-0.3, -0.25) is 0 Å². The maximum absolute atomic E-state index is 5.07. The molecule has 1 N–H and O–H groups in total. The maximum Gasteiger partial charge on any atom is 0.0991 e. The molecule has 4 aliphatic rings. The minimum absolute atomic E-state index is 0.440. The van der Waals surface area contributed by atoms with Gasteiger partial charge in [0.25, 0.3) is 0 Å². The second-order valence-corrected chi connectivity index (χ2v) is 9.92. The van der Waals surface area contributed by atoms with E-state index in [2.05, 4.69) is 20.3 Å². The molecule has 2 aromatic rings. The van der Waals surface area contributed by atoms with Crippen molar-refractivity contribution in [3.8, 4) is 0 Å². The molecular formula is C18H24N4S2. The molecule has 0 atom stereocenters. The van der Waals surface area contributed by atoms with Crippen LogP contribution in [0.25, 0.3) is 0 Å². The van der Waals surface area contributed by atoms with Crippen LogP contribution in [-0.2, 0) is 18.5 Å². The van der Waals surface area contributed by atoms with Crippen molar-refractivity contribution in [2.24, 2.45) is 17.8 Å². The molecule has 0 radical (unpaired) electrons. The smallest absolute Gasteiger partial charge is 0.0991 e. The second-order valence-electron chi connectivity index (χ2n) is 8.23. The maximum atomic E-state index is 5.07. The van der Waals surface area contributed by atoms with Crippen LogP contribution < -0.4 is 5.32 Å². The Morgan fingerprint density at radius 3 is 2.46 bits per heavy atom. The number of aryl methyl sites for hydroxylation is 1. The second kappa shape index (κ2) is 5.85. The fourth-order valence-electron chi connectivity index (χ4n) is 5.72. The average Bonchev–Trinajstić information content (AvgIpc) is 3.16. The van der Waals surface area contributed by atoms with Gasteiger partial charge >= 0.3 is 0 Å². The molecule has 0 spiro atoms. The van der Waals surface area contributed by atoms with Crippen molar-refractivity contribution in [2.75, 3.05) is 0 Å². The van der Waals surface area contributed by atoms with Gasteiger partial charge in [0.1, 0.15) is 0 Å². The molecular weight excluding hydrogens is 336 g/mol. The summed E-state index contributed by atoms with van der Waals surface area (Å²) in [4.78, 5) is 6.30. The van der Waals surface area contributed by atoms with E-state index in [-0.39, 0.29) is 0 Å². The van der Waals surface area contributed by atoms with Gasteiger partial charge in [0, 0.05) is 23.9 Å². The Balaban J connectivity index is 1.27. The van der Waals surface area contributed by atoms with Crippen LogP contribution in [0.1, 0.15) is 59.8 Å². The lowest BCUT2D eigenvalue weighted by Crippen LogP contribution is -2.48. The lowest BCUT2D eigenvalue weighted by molar-refractivity contribution is -0.00534. The molecule has 2 aromatic heterocycles. The van der Waals surface area contributed by atoms with Crippen molar-refractivity contribution in [1.82, 2.24) is 19.9 Å². The fourth-order valence-corrected chi connectivity index (χ4v) is 7.38. The minimum Gasteiger partial charge on any atom is -0.306 e. The van der Waals surface area contributed by atoms with Crippen LogP contribution in [-0.4, -0.2) is 14.6 Å². The number of aromatic nitrogens is 3. The fraction of sp³-hybridized carbons (Fsp3) is 0.722. The Hall–Kier alpha value is -0.850. The van der Waals surface area contributed by atoms with E-state index < -0.39 is 0 Å². The number of hydrogen-bond donors (Lipinski definition) is 1. The molecule has 4 saturated carbocycles. The van der Waals surface area contributed by atoms with Crippen molar-refractivity contribution in [1.29, 1.82) is 0 Å². The summed E-state index contributed by atoms with van der Waals surface area (Å²) in [6.07, 6.45) is 8.73. The molecule has 4 fully saturated rings. The number of hydrogen-bond acceptors (Lipinski definition) is 6. The molecule has 4 nitrogen and oxygen atoms in total.